The molecule has 1 fully saturated rings. The summed E-state index contributed by atoms with van der Waals surface area (Å²) in [4.78, 5) is 23.0. The molecule has 0 unspecified atom stereocenters. The Kier molecular flexibility index (Phi) is 6.57. The molecule has 1 aliphatic rings. The quantitative estimate of drug-likeness (QED) is 0.667. The molecule has 0 bridgehead atoms. The molecule has 2 N–H and O–H groups in total. The van der Waals surface area contributed by atoms with Gasteiger partial charge in [0.05, 0.1) is 25.2 Å². The average Bonchev–Trinajstić information content (AvgIpc) is 2.65. The van der Waals surface area contributed by atoms with Crippen LogP contribution in [-0.4, -0.2) is 64.6 Å². The molecule has 0 aromatic heterocycles. The Morgan fingerprint density at radius 2 is 2.08 bits per heavy atom. The number of methoxy groups -OCH3 is 1. The third kappa shape index (κ3) is 4.32. The number of hydrogen-bond acceptors (Lipinski definition) is 6. The lowest BCUT2D eigenvalue weighted by atomic mass is 10.2. The Morgan fingerprint density at radius 3 is 2.69 bits per heavy atom. The van der Waals surface area contributed by atoms with Crippen LogP contribution in [0.2, 0.25) is 0 Å². The van der Waals surface area contributed by atoms with E-state index >= 15 is 0 Å². The fraction of sp³-hybridized carbons (Fsp3) is 0.500. The van der Waals surface area contributed by atoms with Gasteiger partial charge in [0, 0.05) is 13.6 Å². The molecule has 9 nitrogen and oxygen atoms in total. The Bertz CT molecular complexity index is 780. The number of amides is 2. The number of nitrogens with one attached hydrogen (secondary N) is 2. The maximum Gasteiger partial charge on any atom is 0.309 e. The molecule has 0 aliphatic carbocycles. The topological polar surface area (TPSA) is 114 Å². The summed E-state index contributed by atoms with van der Waals surface area (Å²) in [5.74, 6) is -1.06. The molecule has 0 saturated carbocycles. The average molecular weight is 385 g/mol. The lowest BCUT2D eigenvalue weighted by Crippen LogP contribution is -2.52. The summed E-state index contributed by atoms with van der Waals surface area (Å²) < 4.78 is 37.9. The predicted octanol–water partition coefficient (Wildman–Crippen LogP) is -0.397. The number of sulfonamides is 1. The van der Waals surface area contributed by atoms with Crippen LogP contribution in [0.5, 0.6) is 5.75 Å². The highest BCUT2D eigenvalue weighted by Gasteiger charge is 2.35. The van der Waals surface area contributed by atoms with Gasteiger partial charge in [-0.25, -0.2) is 8.42 Å². The first-order valence-corrected chi connectivity index (χ1v) is 9.53. The Morgan fingerprint density at radius 1 is 1.35 bits per heavy atom. The third-order valence-electron chi connectivity index (χ3n) is 4.00. The van der Waals surface area contributed by atoms with Gasteiger partial charge in [-0.05, 0) is 37.1 Å². The Balaban J connectivity index is 2.20. The van der Waals surface area contributed by atoms with Gasteiger partial charge in [0.2, 0.25) is 10.0 Å². The highest BCUT2D eigenvalue weighted by molar-refractivity contribution is 7.89. The van der Waals surface area contributed by atoms with Gasteiger partial charge in [-0.2, -0.15) is 4.31 Å². The molecule has 1 heterocycles. The predicted molar refractivity (Wildman–Crippen MR) is 93.1 cm³/mol. The molecule has 10 heteroatoms. The van der Waals surface area contributed by atoms with E-state index in [-0.39, 0.29) is 18.0 Å². The van der Waals surface area contributed by atoms with Crippen LogP contribution in [0, 0.1) is 6.92 Å². The summed E-state index contributed by atoms with van der Waals surface area (Å²) in [5, 5.41) is 4.59. The minimum Gasteiger partial charge on any atom is -0.496 e. The van der Waals surface area contributed by atoms with Crippen LogP contribution in [0.1, 0.15) is 12.0 Å². The van der Waals surface area contributed by atoms with Gasteiger partial charge in [-0.1, -0.05) is 0 Å². The first-order valence-electron chi connectivity index (χ1n) is 8.09. The number of likely N-dealkylation sites (N-methyl/N-ethyl adjacent to an activating group) is 1. The molecule has 2 rings (SSSR count). The van der Waals surface area contributed by atoms with Crippen molar-refractivity contribution in [2.24, 2.45) is 0 Å². The third-order valence-corrected chi connectivity index (χ3v) is 5.88. The van der Waals surface area contributed by atoms with E-state index in [2.05, 4.69) is 10.6 Å². The Labute approximate surface area is 152 Å². The molecule has 1 aromatic carbocycles. The lowest BCUT2D eigenvalue weighted by molar-refractivity contribution is -0.139. The van der Waals surface area contributed by atoms with Gasteiger partial charge < -0.3 is 20.1 Å². The van der Waals surface area contributed by atoms with Crippen LogP contribution in [0.15, 0.2) is 23.1 Å². The summed E-state index contributed by atoms with van der Waals surface area (Å²) in [6, 6.07) is 4.59. The first kappa shape index (κ1) is 20.1. The fourth-order valence-electron chi connectivity index (χ4n) is 2.62. The molecular formula is C16H23N3O6S. The highest BCUT2D eigenvalue weighted by atomic mass is 32.2. The van der Waals surface area contributed by atoms with E-state index in [1.165, 1.54) is 30.6 Å². The summed E-state index contributed by atoms with van der Waals surface area (Å²) >= 11 is 0. The molecule has 1 aliphatic heterocycles. The van der Waals surface area contributed by atoms with Crippen LogP contribution in [0.25, 0.3) is 0 Å². The molecule has 1 saturated heterocycles. The standard InChI is InChI=1S/C16H23N3O6S/c1-11-9-12(5-6-13(11)24-3)26(22,23)19-7-4-8-25-14(19)10-18-16(21)15(20)17-2/h5-6,9,14H,4,7-8,10H2,1-3H3,(H,17,20)(H,18,21)/t14-/m1/s1. The number of carbonyl (C=O) groups is 2. The molecule has 144 valence electrons. The molecule has 0 spiro atoms. The molecule has 2 amide bonds. The van der Waals surface area contributed by atoms with Crippen LogP contribution >= 0.6 is 0 Å². The molecular weight excluding hydrogens is 362 g/mol. The Hall–Kier alpha value is -2.17. The number of hydrogen-bond donors (Lipinski definition) is 2. The second-order valence-electron chi connectivity index (χ2n) is 5.72. The maximum atomic E-state index is 13.0. The second kappa shape index (κ2) is 8.47. The molecule has 0 radical (unpaired) electrons. The summed E-state index contributed by atoms with van der Waals surface area (Å²) in [6.07, 6.45) is -0.349. The molecule has 26 heavy (non-hydrogen) atoms. The van der Waals surface area contributed by atoms with Crippen LogP contribution in [0.3, 0.4) is 0 Å². The van der Waals surface area contributed by atoms with Crippen LogP contribution in [0.4, 0.5) is 0 Å². The number of aryl methyl sites for hydroxylation is 1. The van der Waals surface area contributed by atoms with E-state index in [1.807, 2.05) is 0 Å². The van der Waals surface area contributed by atoms with Crippen molar-refractivity contribution in [1.82, 2.24) is 14.9 Å². The van der Waals surface area contributed by atoms with Crippen molar-refractivity contribution in [2.45, 2.75) is 24.5 Å². The number of benzene rings is 1. The minimum absolute atomic E-state index is 0.115. The molecule has 1 atom stereocenters. The zero-order valence-electron chi connectivity index (χ0n) is 14.9. The van der Waals surface area contributed by atoms with Gasteiger partial charge in [-0.3, -0.25) is 9.59 Å². The van der Waals surface area contributed by atoms with Crippen LogP contribution < -0.4 is 15.4 Å². The number of nitrogens with zero attached hydrogens (tertiary/aromatic N) is 1. The zero-order valence-corrected chi connectivity index (χ0v) is 15.8. The van der Waals surface area contributed by atoms with Crippen molar-refractivity contribution >= 4 is 21.8 Å². The van der Waals surface area contributed by atoms with Crippen molar-refractivity contribution in [2.75, 3.05) is 33.9 Å². The van der Waals surface area contributed by atoms with Gasteiger partial charge in [-0.15, -0.1) is 0 Å². The number of carbonyl (C=O) groups excluding carboxylic acids is 2. The second-order valence-corrected chi connectivity index (χ2v) is 7.61. The fourth-order valence-corrected chi connectivity index (χ4v) is 4.27. The monoisotopic (exact) mass is 385 g/mol. The summed E-state index contributed by atoms with van der Waals surface area (Å²) in [5.41, 5.74) is 0.691. The van der Waals surface area contributed by atoms with Gasteiger partial charge in [0.1, 0.15) is 12.0 Å². The van der Waals surface area contributed by atoms with E-state index in [9.17, 15) is 18.0 Å². The van der Waals surface area contributed by atoms with Crippen molar-refractivity contribution in [1.29, 1.82) is 0 Å². The lowest BCUT2D eigenvalue weighted by Gasteiger charge is -2.34. The van der Waals surface area contributed by atoms with E-state index in [0.29, 0.717) is 24.3 Å². The zero-order chi connectivity index (χ0) is 19.3. The first-order chi connectivity index (χ1) is 12.3. The van der Waals surface area contributed by atoms with E-state index in [1.54, 1.807) is 13.0 Å². The summed E-state index contributed by atoms with van der Waals surface area (Å²) in [6.45, 7) is 2.26. The van der Waals surface area contributed by atoms with Crippen LogP contribution in [-0.2, 0) is 24.3 Å². The smallest absolute Gasteiger partial charge is 0.309 e. The maximum absolute atomic E-state index is 13.0. The number of rotatable bonds is 5. The van der Waals surface area contributed by atoms with Crippen molar-refractivity contribution in [3.8, 4) is 5.75 Å². The molecule has 1 aromatic rings. The van der Waals surface area contributed by atoms with E-state index in [0.717, 1.165) is 0 Å². The van der Waals surface area contributed by atoms with Gasteiger partial charge in [0.15, 0.2) is 0 Å². The van der Waals surface area contributed by atoms with E-state index < -0.39 is 28.1 Å². The van der Waals surface area contributed by atoms with Crippen molar-refractivity contribution in [3.05, 3.63) is 23.8 Å². The van der Waals surface area contributed by atoms with Crippen molar-refractivity contribution in [3.63, 3.8) is 0 Å². The minimum atomic E-state index is -3.83. The van der Waals surface area contributed by atoms with Gasteiger partial charge >= 0.3 is 11.8 Å². The summed E-state index contributed by atoms with van der Waals surface area (Å²) in [7, 11) is -0.982. The highest BCUT2D eigenvalue weighted by Crippen LogP contribution is 2.26. The largest absolute Gasteiger partial charge is 0.496 e. The van der Waals surface area contributed by atoms with Crippen molar-refractivity contribution < 1.29 is 27.5 Å². The SMILES string of the molecule is CNC(=O)C(=O)NC[C@H]1OCCCN1S(=O)(=O)c1ccc(OC)c(C)c1. The number of ether oxygens (including phenoxy) is 2. The van der Waals surface area contributed by atoms with E-state index in [4.69, 9.17) is 9.47 Å². The normalized spacial score (nSPS) is 18.2. The van der Waals surface area contributed by atoms with Gasteiger partial charge in [0.25, 0.3) is 0 Å².